The molecule has 1 aliphatic heterocycles. The van der Waals surface area contributed by atoms with Gasteiger partial charge in [-0.3, -0.25) is 0 Å². The Labute approximate surface area is 98.9 Å². The fraction of sp³-hybridized carbons (Fsp3) is 1.00. The lowest BCUT2D eigenvalue weighted by Gasteiger charge is -2.29. The maximum absolute atomic E-state index is 6.45. The summed E-state index contributed by atoms with van der Waals surface area (Å²) in [6, 6.07) is 0. The maximum Gasteiger partial charge on any atom is 0.0687 e. The molecule has 3 rings (SSSR count). The van der Waals surface area contributed by atoms with Crippen LogP contribution in [0.25, 0.3) is 0 Å². The SMILES string of the molecule is NC1(CC2CCC3(CCCC3)O2)CCCC1. The molecule has 1 unspecified atom stereocenters. The van der Waals surface area contributed by atoms with E-state index in [0.29, 0.717) is 11.7 Å². The van der Waals surface area contributed by atoms with Crippen LogP contribution in [0.3, 0.4) is 0 Å². The zero-order valence-electron chi connectivity index (χ0n) is 10.3. The number of hydrogen-bond acceptors (Lipinski definition) is 2. The van der Waals surface area contributed by atoms with Gasteiger partial charge in [0.15, 0.2) is 0 Å². The molecule has 1 heterocycles. The Morgan fingerprint density at radius 3 is 2.25 bits per heavy atom. The molecule has 0 aromatic heterocycles. The highest BCUT2D eigenvalue weighted by molar-refractivity contribution is 4.97. The lowest BCUT2D eigenvalue weighted by molar-refractivity contribution is -0.0458. The zero-order valence-corrected chi connectivity index (χ0v) is 10.3. The molecule has 0 bridgehead atoms. The van der Waals surface area contributed by atoms with Crippen LogP contribution < -0.4 is 5.73 Å². The van der Waals surface area contributed by atoms with Crippen LogP contribution in [0.4, 0.5) is 0 Å². The summed E-state index contributed by atoms with van der Waals surface area (Å²) in [5, 5.41) is 0. The average Bonchev–Trinajstić information content (AvgIpc) is 2.93. The minimum Gasteiger partial charge on any atom is -0.372 e. The van der Waals surface area contributed by atoms with Gasteiger partial charge in [-0.25, -0.2) is 0 Å². The first-order valence-corrected chi connectivity index (χ1v) is 7.17. The summed E-state index contributed by atoms with van der Waals surface area (Å²) in [6.45, 7) is 0. The topological polar surface area (TPSA) is 35.2 Å². The molecule has 2 N–H and O–H groups in total. The Morgan fingerprint density at radius 1 is 0.938 bits per heavy atom. The van der Waals surface area contributed by atoms with Crippen LogP contribution in [0.5, 0.6) is 0 Å². The van der Waals surface area contributed by atoms with Gasteiger partial charge in [-0.1, -0.05) is 25.7 Å². The fourth-order valence-corrected chi connectivity index (χ4v) is 4.16. The first kappa shape index (κ1) is 11.0. The van der Waals surface area contributed by atoms with Crippen molar-refractivity contribution in [2.24, 2.45) is 5.73 Å². The van der Waals surface area contributed by atoms with E-state index in [1.165, 1.54) is 64.2 Å². The minimum absolute atomic E-state index is 0.120. The molecule has 0 aromatic carbocycles. The number of nitrogens with two attached hydrogens (primary N) is 1. The molecular weight excluding hydrogens is 198 g/mol. The van der Waals surface area contributed by atoms with Crippen molar-refractivity contribution < 1.29 is 4.74 Å². The molecule has 2 heteroatoms. The summed E-state index contributed by atoms with van der Waals surface area (Å²) < 4.78 is 6.36. The van der Waals surface area contributed by atoms with Gasteiger partial charge < -0.3 is 10.5 Å². The van der Waals surface area contributed by atoms with Crippen LogP contribution in [-0.2, 0) is 4.74 Å². The summed E-state index contributed by atoms with van der Waals surface area (Å²) in [5.74, 6) is 0. The highest BCUT2D eigenvalue weighted by Crippen LogP contribution is 2.45. The van der Waals surface area contributed by atoms with Gasteiger partial charge in [0.05, 0.1) is 11.7 Å². The molecule has 2 nitrogen and oxygen atoms in total. The van der Waals surface area contributed by atoms with Gasteiger partial charge in [0, 0.05) is 5.54 Å². The van der Waals surface area contributed by atoms with Crippen molar-refractivity contribution >= 4 is 0 Å². The van der Waals surface area contributed by atoms with Crippen molar-refractivity contribution in [2.45, 2.75) is 87.9 Å². The van der Waals surface area contributed by atoms with E-state index in [1.54, 1.807) is 0 Å². The van der Waals surface area contributed by atoms with E-state index in [-0.39, 0.29) is 5.54 Å². The number of hydrogen-bond donors (Lipinski definition) is 1. The molecule has 0 aromatic rings. The first-order valence-electron chi connectivity index (χ1n) is 7.17. The number of rotatable bonds is 2. The molecule has 2 saturated carbocycles. The van der Waals surface area contributed by atoms with Crippen LogP contribution in [0.2, 0.25) is 0 Å². The quantitative estimate of drug-likeness (QED) is 0.780. The average molecular weight is 223 g/mol. The van der Waals surface area contributed by atoms with Gasteiger partial charge in [-0.05, 0) is 44.9 Å². The normalized spacial score (nSPS) is 36.2. The second kappa shape index (κ2) is 3.99. The Kier molecular flexibility index (Phi) is 2.75. The summed E-state index contributed by atoms with van der Waals surface area (Å²) in [4.78, 5) is 0. The fourth-order valence-electron chi connectivity index (χ4n) is 4.16. The zero-order chi connectivity index (χ0) is 11.1. The summed E-state index contributed by atoms with van der Waals surface area (Å²) in [7, 11) is 0. The van der Waals surface area contributed by atoms with E-state index < -0.39 is 0 Å². The summed E-state index contributed by atoms with van der Waals surface area (Å²) >= 11 is 0. The molecule has 1 atom stereocenters. The van der Waals surface area contributed by atoms with Crippen molar-refractivity contribution in [3.05, 3.63) is 0 Å². The predicted molar refractivity (Wildman–Crippen MR) is 65.3 cm³/mol. The lowest BCUT2D eigenvalue weighted by Crippen LogP contribution is -2.40. The third-order valence-corrected chi connectivity index (χ3v) is 5.09. The highest BCUT2D eigenvalue weighted by atomic mass is 16.5. The van der Waals surface area contributed by atoms with Gasteiger partial charge in [0.2, 0.25) is 0 Å². The third-order valence-electron chi connectivity index (χ3n) is 5.09. The lowest BCUT2D eigenvalue weighted by atomic mass is 9.90. The predicted octanol–water partition coefficient (Wildman–Crippen LogP) is 3.14. The molecule has 1 spiro atoms. The third kappa shape index (κ3) is 2.02. The van der Waals surface area contributed by atoms with Gasteiger partial charge >= 0.3 is 0 Å². The van der Waals surface area contributed by atoms with E-state index >= 15 is 0 Å². The van der Waals surface area contributed by atoms with Crippen LogP contribution >= 0.6 is 0 Å². The molecular formula is C14H25NO. The smallest absolute Gasteiger partial charge is 0.0687 e. The largest absolute Gasteiger partial charge is 0.372 e. The van der Waals surface area contributed by atoms with E-state index in [2.05, 4.69) is 0 Å². The maximum atomic E-state index is 6.45. The van der Waals surface area contributed by atoms with E-state index in [4.69, 9.17) is 10.5 Å². The van der Waals surface area contributed by atoms with E-state index in [1.807, 2.05) is 0 Å². The van der Waals surface area contributed by atoms with Crippen LogP contribution in [0.15, 0.2) is 0 Å². The minimum atomic E-state index is 0.120. The monoisotopic (exact) mass is 223 g/mol. The van der Waals surface area contributed by atoms with Crippen molar-refractivity contribution in [2.75, 3.05) is 0 Å². The second-order valence-electron chi connectivity index (χ2n) is 6.44. The van der Waals surface area contributed by atoms with Crippen LogP contribution in [-0.4, -0.2) is 17.2 Å². The second-order valence-corrected chi connectivity index (χ2v) is 6.44. The number of ether oxygens (including phenoxy) is 1. The first-order chi connectivity index (χ1) is 7.70. The van der Waals surface area contributed by atoms with Gasteiger partial charge in [0.1, 0.15) is 0 Å². The highest BCUT2D eigenvalue weighted by Gasteiger charge is 2.44. The molecule has 3 aliphatic rings. The Hall–Kier alpha value is -0.0800. The van der Waals surface area contributed by atoms with Crippen LogP contribution in [0.1, 0.15) is 70.6 Å². The Morgan fingerprint density at radius 2 is 1.56 bits per heavy atom. The van der Waals surface area contributed by atoms with E-state index in [0.717, 1.165) is 6.42 Å². The Bertz CT molecular complexity index is 251. The van der Waals surface area contributed by atoms with Crippen molar-refractivity contribution in [1.29, 1.82) is 0 Å². The molecule has 3 fully saturated rings. The molecule has 1 saturated heterocycles. The van der Waals surface area contributed by atoms with Crippen LogP contribution in [0, 0.1) is 0 Å². The van der Waals surface area contributed by atoms with E-state index in [9.17, 15) is 0 Å². The molecule has 2 aliphatic carbocycles. The summed E-state index contributed by atoms with van der Waals surface area (Å²) in [5.41, 5.74) is 6.86. The van der Waals surface area contributed by atoms with Gasteiger partial charge in [0.25, 0.3) is 0 Å². The van der Waals surface area contributed by atoms with Crippen molar-refractivity contribution in [3.63, 3.8) is 0 Å². The molecule has 16 heavy (non-hydrogen) atoms. The Balaban J connectivity index is 1.57. The summed E-state index contributed by atoms with van der Waals surface area (Å²) in [6.07, 6.45) is 14.6. The standard InChI is InChI=1S/C14H25NO/c15-13(6-1-2-7-13)11-12-5-10-14(16-12)8-3-4-9-14/h12H,1-11,15H2. The molecule has 92 valence electrons. The van der Waals surface area contributed by atoms with Gasteiger partial charge in [-0.15, -0.1) is 0 Å². The van der Waals surface area contributed by atoms with Crippen molar-refractivity contribution in [3.8, 4) is 0 Å². The molecule has 0 radical (unpaired) electrons. The van der Waals surface area contributed by atoms with Crippen molar-refractivity contribution in [1.82, 2.24) is 0 Å². The van der Waals surface area contributed by atoms with Gasteiger partial charge in [-0.2, -0.15) is 0 Å². The molecule has 0 amide bonds.